The van der Waals surface area contributed by atoms with Crippen LogP contribution < -0.4 is 10.6 Å². The highest BCUT2D eigenvalue weighted by atomic mass is 19.1. The fourth-order valence-corrected chi connectivity index (χ4v) is 4.79. The van der Waals surface area contributed by atoms with E-state index < -0.39 is 11.6 Å². The summed E-state index contributed by atoms with van der Waals surface area (Å²) in [6.07, 6.45) is 8.10. The highest BCUT2D eigenvalue weighted by Crippen LogP contribution is 2.33. The number of benzene rings is 1. The molecule has 2 aliphatic rings. The van der Waals surface area contributed by atoms with Gasteiger partial charge in [0.25, 0.3) is 0 Å². The molecule has 1 aliphatic heterocycles. The zero-order valence-electron chi connectivity index (χ0n) is 19.0. The maximum absolute atomic E-state index is 14.4. The third kappa shape index (κ3) is 4.65. The zero-order valence-corrected chi connectivity index (χ0v) is 19.0. The summed E-state index contributed by atoms with van der Waals surface area (Å²) in [7, 11) is 0. The molecule has 0 spiro atoms. The van der Waals surface area contributed by atoms with Gasteiger partial charge in [-0.25, -0.2) is 18.7 Å². The Labute approximate surface area is 195 Å². The minimum atomic E-state index is -0.712. The number of para-hydroxylation sites is 1. The van der Waals surface area contributed by atoms with Crippen LogP contribution in [0.25, 0.3) is 11.2 Å². The molecule has 34 heavy (non-hydrogen) atoms. The summed E-state index contributed by atoms with van der Waals surface area (Å²) in [5, 5.41) is 6.26. The summed E-state index contributed by atoms with van der Waals surface area (Å²) in [5.74, 6) is -0.646. The first kappa shape index (κ1) is 23.8. The minimum Gasteiger partial charge on any atom is -0.412 e. The molecule has 0 unspecified atom stereocenters. The number of imidazole rings is 1. The standard InChI is InChI=1S/C23H27F2N7O.H2O/c1-14(33)31-11-10-16(13-31)32-21-19(12-26-22(30-21)27-15-6-3-2-4-7-15)28-23(32)29-20-17(24)8-5-9-18(20)25;/h5,8-9,12,15-16H,2-4,6-7,10-11,13H2,1H3,(H,28,29)(H,26,27,30);1H2/t16-;/m1./s1. The minimum absolute atomic E-state index is 0. The molecule has 4 N–H and O–H groups in total. The van der Waals surface area contributed by atoms with Crippen LogP contribution >= 0.6 is 0 Å². The molecule has 1 saturated carbocycles. The van der Waals surface area contributed by atoms with Crippen molar-refractivity contribution in [2.45, 2.75) is 57.5 Å². The van der Waals surface area contributed by atoms with Gasteiger partial charge in [-0.3, -0.25) is 9.36 Å². The van der Waals surface area contributed by atoms with E-state index in [2.05, 4.69) is 20.6 Å². The number of fused-ring (bicyclic) bond motifs is 1. The number of likely N-dealkylation sites (tertiary alicyclic amines) is 1. The first-order chi connectivity index (χ1) is 16.0. The molecule has 5 rings (SSSR count). The number of aromatic nitrogens is 4. The lowest BCUT2D eigenvalue weighted by Gasteiger charge is -2.22. The van der Waals surface area contributed by atoms with E-state index in [4.69, 9.17) is 4.98 Å². The van der Waals surface area contributed by atoms with Gasteiger partial charge in [0.1, 0.15) is 22.8 Å². The number of rotatable bonds is 5. The van der Waals surface area contributed by atoms with Gasteiger partial charge in [-0.05, 0) is 31.4 Å². The predicted molar refractivity (Wildman–Crippen MR) is 125 cm³/mol. The van der Waals surface area contributed by atoms with Gasteiger partial charge in [0, 0.05) is 26.1 Å². The molecule has 1 atom stereocenters. The average Bonchev–Trinajstić information content (AvgIpc) is 3.41. The Hall–Kier alpha value is -3.34. The van der Waals surface area contributed by atoms with Crippen LogP contribution in [0.4, 0.5) is 26.4 Å². The number of nitrogens with zero attached hydrogens (tertiary/aromatic N) is 5. The number of hydrogen-bond acceptors (Lipinski definition) is 6. The molecule has 0 radical (unpaired) electrons. The highest BCUT2D eigenvalue weighted by molar-refractivity contribution is 5.77. The SMILES string of the molecule is CC(=O)N1CC[C@@H](n2c(Nc3c(F)cccc3F)nc3cnc(NC4CCCCC4)nc32)C1.O. The van der Waals surface area contributed by atoms with Gasteiger partial charge in [-0.2, -0.15) is 4.98 Å². The van der Waals surface area contributed by atoms with Crippen molar-refractivity contribution in [2.75, 3.05) is 23.7 Å². The lowest BCUT2D eigenvalue weighted by Crippen LogP contribution is -2.26. The molecule has 1 aliphatic carbocycles. The largest absolute Gasteiger partial charge is 0.412 e. The molecule has 1 aromatic carbocycles. The first-order valence-electron chi connectivity index (χ1n) is 11.5. The van der Waals surface area contributed by atoms with Gasteiger partial charge in [0.05, 0.1) is 12.2 Å². The van der Waals surface area contributed by atoms with E-state index in [1.165, 1.54) is 44.4 Å². The van der Waals surface area contributed by atoms with Crippen molar-refractivity contribution in [1.82, 2.24) is 24.4 Å². The second kappa shape index (κ2) is 9.88. The van der Waals surface area contributed by atoms with E-state index in [1.54, 1.807) is 11.1 Å². The summed E-state index contributed by atoms with van der Waals surface area (Å²) >= 11 is 0. The molecule has 0 bridgehead atoms. The molecule has 2 fully saturated rings. The molecule has 1 saturated heterocycles. The summed E-state index contributed by atoms with van der Waals surface area (Å²) in [5.41, 5.74) is 0.812. The van der Waals surface area contributed by atoms with Crippen LogP contribution in [0.2, 0.25) is 0 Å². The van der Waals surface area contributed by atoms with Gasteiger partial charge >= 0.3 is 0 Å². The number of anilines is 3. The maximum atomic E-state index is 14.4. The fourth-order valence-electron chi connectivity index (χ4n) is 4.79. The lowest BCUT2D eigenvalue weighted by atomic mass is 9.96. The molecule has 3 heterocycles. The van der Waals surface area contributed by atoms with Crippen molar-refractivity contribution in [2.24, 2.45) is 0 Å². The Balaban J connectivity index is 0.00000274. The van der Waals surface area contributed by atoms with Crippen LogP contribution in [0.5, 0.6) is 0 Å². The van der Waals surface area contributed by atoms with Crippen molar-refractivity contribution in [3.05, 3.63) is 36.0 Å². The number of carbonyl (C=O) groups is 1. The van der Waals surface area contributed by atoms with Crippen LogP contribution in [-0.4, -0.2) is 54.9 Å². The second-order valence-corrected chi connectivity index (χ2v) is 8.82. The van der Waals surface area contributed by atoms with Crippen LogP contribution in [0, 0.1) is 11.6 Å². The average molecular weight is 474 g/mol. The van der Waals surface area contributed by atoms with Crippen molar-refractivity contribution in [3.8, 4) is 0 Å². The van der Waals surface area contributed by atoms with Gasteiger partial charge < -0.3 is 21.0 Å². The Morgan fingerprint density at radius 2 is 1.82 bits per heavy atom. The Kier molecular flexibility index (Phi) is 6.92. The van der Waals surface area contributed by atoms with E-state index >= 15 is 0 Å². The zero-order chi connectivity index (χ0) is 22.9. The molecular weight excluding hydrogens is 444 g/mol. The molecule has 9 nitrogen and oxygen atoms in total. The highest BCUT2D eigenvalue weighted by Gasteiger charge is 2.30. The van der Waals surface area contributed by atoms with E-state index in [9.17, 15) is 13.6 Å². The molecule has 182 valence electrons. The van der Waals surface area contributed by atoms with Crippen LogP contribution in [0.1, 0.15) is 51.5 Å². The van der Waals surface area contributed by atoms with Crippen LogP contribution in [0.15, 0.2) is 24.4 Å². The van der Waals surface area contributed by atoms with Gasteiger partial charge in [-0.15, -0.1) is 0 Å². The van der Waals surface area contributed by atoms with Gasteiger partial charge in [0.2, 0.25) is 17.8 Å². The van der Waals surface area contributed by atoms with Crippen molar-refractivity contribution in [1.29, 1.82) is 0 Å². The van der Waals surface area contributed by atoms with E-state index in [0.717, 1.165) is 12.8 Å². The summed E-state index contributed by atoms with van der Waals surface area (Å²) in [4.78, 5) is 27.4. The second-order valence-electron chi connectivity index (χ2n) is 8.82. The smallest absolute Gasteiger partial charge is 0.224 e. The molecule has 2 aromatic heterocycles. The molecule has 1 amide bonds. The normalized spacial score (nSPS) is 18.7. The lowest BCUT2D eigenvalue weighted by molar-refractivity contribution is -0.127. The fraction of sp³-hybridized carbons (Fsp3) is 0.478. The quantitative estimate of drug-likeness (QED) is 0.585. The van der Waals surface area contributed by atoms with Gasteiger partial charge in [-0.1, -0.05) is 25.3 Å². The number of carbonyl (C=O) groups excluding carboxylic acids is 1. The summed E-state index contributed by atoms with van der Waals surface area (Å²) < 4.78 is 30.6. The third-order valence-corrected chi connectivity index (χ3v) is 6.54. The maximum Gasteiger partial charge on any atom is 0.224 e. The predicted octanol–water partition coefficient (Wildman–Crippen LogP) is 3.56. The van der Waals surface area contributed by atoms with E-state index in [1.807, 2.05) is 4.57 Å². The van der Waals surface area contributed by atoms with Crippen molar-refractivity contribution >= 4 is 34.7 Å². The monoisotopic (exact) mass is 473 g/mol. The summed E-state index contributed by atoms with van der Waals surface area (Å²) in [6, 6.07) is 3.90. The topological polar surface area (TPSA) is 119 Å². The van der Waals surface area contributed by atoms with Crippen molar-refractivity contribution < 1.29 is 19.1 Å². The van der Waals surface area contributed by atoms with E-state index in [-0.39, 0.29) is 29.1 Å². The number of hydrogen-bond donors (Lipinski definition) is 2. The number of amides is 1. The number of halogens is 2. The number of nitrogens with one attached hydrogen (secondary N) is 2. The first-order valence-corrected chi connectivity index (χ1v) is 11.5. The summed E-state index contributed by atoms with van der Waals surface area (Å²) in [6.45, 7) is 2.62. The Bertz CT molecular complexity index is 1160. The Morgan fingerprint density at radius 3 is 2.50 bits per heavy atom. The van der Waals surface area contributed by atoms with Crippen LogP contribution in [-0.2, 0) is 4.79 Å². The van der Waals surface area contributed by atoms with Crippen molar-refractivity contribution in [3.63, 3.8) is 0 Å². The third-order valence-electron chi connectivity index (χ3n) is 6.54. The van der Waals surface area contributed by atoms with Crippen LogP contribution in [0.3, 0.4) is 0 Å². The molecule has 11 heteroatoms. The van der Waals surface area contributed by atoms with Gasteiger partial charge in [0.15, 0.2) is 5.65 Å². The molecule has 3 aromatic rings. The van der Waals surface area contributed by atoms with E-state index in [0.29, 0.717) is 42.7 Å². The Morgan fingerprint density at radius 1 is 1.09 bits per heavy atom. The molecular formula is C23H29F2N7O2.